The standard InChI is InChI=1S/C16H25N7O7S/c1-18-15(20-29-12(24)6-4-3-5-7-17)14-13-10(8-19-21(13)2)11-9-22(14)16(25)23(11)30-31(26,27)28/h8,11,14H,3-7,9,17H2,1-2H3,(H,18,20)(H,26,27,28)/t11-,14-/m0/s1. The Labute approximate surface area is 178 Å². The first-order valence-corrected chi connectivity index (χ1v) is 11.0. The fourth-order valence-corrected chi connectivity index (χ4v) is 4.05. The van der Waals surface area contributed by atoms with Crippen molar-refractivity contribution in [3.63, 3.8) is 0 Å². The molecule has 1 aromatic heterocycles. The first kappa shape index (κ1) is 22.9. The third-order valence-electron chi connectivity index (χ3n) is 5.06. The Morgan fingerprint density at radius 1 is 1.42 bits per heavy atom. The van der Waals surface area contributed by atoms with Gasteiger partial charge in [0.2, 0.25) is 0 Å². The minimum absolute atomic E-state index is 0.0471. The molecule has 2 amide bonds. The minimum Gasteiger partial charge on any atom is -0.342 e. The summed E-state index contributed by atoms with van der Waals surface area (Å²) in [6.07, 6.45) is 3.90. The molecule has 0 saturated carbocycles. The van der Waals surface area contributed by atoms with E-state index in [9.17, 15) is 18.0 Å². The van der Waals surface area contributed by atoms with Crippen molar-refractivity contribution in [1.82, 2.24) is 25.2 Å². The number of carbonyl (C=O) groups is 2. The van der Waals surface area contributed by atoms with Crippen LogP contribution >= 0.6 is 0 Å². The summed E-state index contributed by atoms with van der Waals surface area (Å²) in [4.78, 5) is 35.4. The van der Waals surface area contributed by atoms with Crippen LogP contribution in [0.2, 0.25) is 0 Å². The van der Waals surface area contributed by atoms with Crippen LogP contribution in [0.4, 0.5) is 4.79 Å². The van der Waals surface area contributed by atoms with Crippen LogP contribution in [-0.4, -0.2) is 70.7 Å². The van der Waals surface area contributed by atoms with E-state index in [-0.39, 0.29) is 18.8 Å². The van der Waals surface area contributed by atoms with E-state index in [0.29, 0.717) is 29.3 Å². The van der Waals surface area contributed by atoms with Crippen LogP contribution < -0.4 is 11.2 Å². The lowest BCUT2D eigenvalue weighted by atomic mass is 9.97. The number of aryl methyl sites for hydroxylation is 1. The molecule has 2 aliphatic heterocycles. The van der Waals surface area contributed by atoms with Crippen molar-refractivity contribution in [3.05, 3.63) is 17.5 Å². The third kappa shape index (κ3) is 4.79. The molecule has 3 heterocycles. The van der Waals surface area contributed by atoms with Crippen molar-refractivity contribution in [2.75, 3.05) is 20.1 Å². The molecular formula is C16H25N7O7S. The Bertz CT molecular complexity index is 977. The van der Waals surface area contributed by atoms with E-state index in [1.54, 1.807) is 7.05 Å². The Morgan fingerprint density at radius 2 is 2.16 bits per heavy atom. The van der Waals surface area contributed by atoms with Crippen LogP contribution in [0.3, 0.4) is 0 Å². The van der Waals surface area contributed by atoms with Gasteiger partial charge in [0.1, 0.15) is 12.1 Å². The molecule has 3 rings (SSSR count). The zero-order valence-electron chi connectivity index (χ0n) is 17.1. The zero-order valence-corrected chi connectivity index (χ0v) is 17.9. The van der Waals surface area contributed by atoms with Gasteiger partial charge >= 0.3 is 22.4 Å². The molecule has 1 fully saturated rings. The number of unbranched alkanes of at least 4 members (excludes halogenated alkanes) is 2. The second-order valence-corrected chi connectivity index (χ2v) is 8.08. The number of amidine groups is 1. The van der Waals surface area contributed by atoms with Gasteiger partial charge in [0, 0.05) is 26.1 Å². The SMILES string of the molecule is CN=C(NOC(=O)CCCCCN)[C@@H]1c2c(cnn2C)[C@@H]2CN1C(=O)N2OS(=O)(=O)O. The summed E-state index contributed by atoms with van der Waals surface area (Å²) >= 11 is 0. The summed E-state index contributed by atoms with van der Waals surface area (Å²) in [6, 6.07) is -2.46. The summed E-state index contributed by atoms with van der Waals surface area (Å²) < 4.78 is 37.5. The number of rotatable bonds is 8. The van der Waals surface area contributed by atoms with Crippen LogP contribution in [0.1, 0.15) is 49.0 Å². The van der Waals surface area contributed by atoms with Gasteiger partial charge in [-0.2, -0.15) is 18.6 Å². The van der Waals surface area contributed by atoms with E-state index >= 15 is 0 Å². The Morgan fingerprint density at radius 3 is 2.81 bits per heavy atom. The van der Waals surface area contributed by atoms with E-state index in [2.05, 4.69) is 19.9 Å². The van der Waals surface area contributed by atoms with E-state index in [1.165, 1.54) is 22.8 Å². The van der Waals surface area contributed by atoms with Crippen LogP contribution in [0.15, 0.2) is 11.2 Å². The van der Waals surface area contributed by atoms with Crippen LogP contribution in [0.25, 0.3) is 0 Å². The number of hydrogen-bond donors (Lipinski definition) is 3. The second-order valence-electron chi connectivity index (χ2n) is 7.07. The highest BCUT2D eigenvalue weighted by Crippen LogP contribution is 2.44. The first-order chi connectivity index (χ1) is 14.7. The molecule has 14 nitrogen and oxygen atoms in total. The molecule has 0 radical (unpaired) electrons. The summed E-state index contributed by atoms with van der Waals surface area (Å²) in [5.41, 5.74) is 8.98. The highest BCUT2D eigenvalue weighted by atomic mass is 32.3. The summed E-state index contributed by atoms with van der Waals surface area (Å²) in [5.74, 6) is -0.359. The van der Waals surface area contributed by atoms with Crippen molar-refractivity contribution in [1.29, 1.82) is 0 Å². The van der Waals surface area contributed by atoms with Gasteiger partial charge < -0.3 is 15.5 Å². The number of fused-ring (bicyclic) bond motifs is 4. The van der Waals surface area contributed by atoms with Crippen molar-refractivity contribution in [3.8, 4) is 0 Å². The van der Waals surface area contributed by atoms with E-state index < -0.39 is 34.5 Å². The number of carbonyl (C=O) groups excluding carboxylic acids is 2. The first-order valence-electron chi connectivity index (χ1n) is 9.59. The lowest BCUT2D eigenvalue weighted by Crippen LogP contribution is -2.45. The lowest BCUT2D eigenvalue weighted by Gasteiger charge is -2.31. The number of nitrogens with one attached hydrogen (secondary N) is 1. The van der Waals surface area contributed by atoms with Gasteiger partial charge in [-0.3, -0.25) is 14.2 Å². The number of aliphatic imine (C=N–C) groups is 1. The molecule has 1 saturated heterocycles. The number of hydroxylamine groups is 3. The predicted octanol–water partition coefficient (Wildman–Crippen LogP) is -0.417. The Balaban J connectivity index is 1.80. The maximum absolute atomic E-state index is 12.8. The van der Waals surface area contributed by atoms with E-state index in [0.717, 1.165) is 12.8 Å². The average Bonchev–Trinajstić information content (AvgIpc) is 3.21. The van der Waals surface area contributed by atoms with Gasteiger partial charge in [0.25, 0.3) is 0 Å². The van der Waals surface area contributed by atoms with Crippen molar-refractivity contribution in [2.24, 2.45) is 17.8 Å². The normalized spacial score (nSPS) is 20.8. The van der Waals surface area contributed by atoms with Crippen molar-refractivity contribution >= 4 is 28.2 Å². The molecule has 1 aromatic rings. The molecular weight excluding hydrogens is 434 g/mol. The molecule has 172 valence electrons. The number of aromatic nitrogens is 2. The molecule has 0 aliphatic carbocycles. The second kappa shape index (κ2) is 9.17. The van der Waals surface area contributed by atoms with Crippen LogP contribution in [0, 0.1) is 0 Å². The highest BCUT2D eigenvalue weighted by molar-refractivity contribution is 7.80. The Kier molecular flexibility index (Phi) is 6.78. The van der Waals surface area contributed by atoms with Gasteiger partial charge in [-0.1, -0.05) is 6.42 Å². The molecule has 2 bridgehead atoms. The summed E-state index contributed by atoms with van der Waals surface area (Å²) in [7, 11) is -1.83. The Hall–Kier alpha value is -2.75. The van der Waals surface area contributed by atoms with Crippen LogP contribution in [-0.2, 0) is 31.4 Å². The minimum atomic E-state index is -4.92. The molecule has 15 heteroatoms. The lowest BCUT2D eigenvalue weighted by molar-refractivity contribution is -0.148. The molecule has 0 unspecified atom stereocenters. The topological polar surface area (TPSA) is 182 Å². The number of nitrogens with two attached hydrogens (primary N) is 1. The quantitative estimate of drug-likeness (QED) is 0.152. The van der Waals surface area contributed by atoms with Gasteiger partial charge in [0.15, 0.2) is 5.84 Å². The fraction of sp³-hybridized carbons (Fsp3) is 0.625. The molecule has 0 aromatic carbocycles. The number of amides is 2. The van der Waals surface area contributed by atoms with Crippen LogP contribution in [0.5, 0.6) is 0 Å². The average molecular weight is 459 g/mol. The van der Waals surface area contributed by atoms with Crippen molar-refractivity contribution < 1.29 is 31.7 Å². The maximum Gasteiger partial charge on any atom is 0.418 e. The monoisotopic (exact) mass is 459 g/mol. The molecule has 31 heavy (non-hydrogen) atoms. The molecule has 2 aliphatic rings. The highest BCUT2D eigenvalue weighted by Gasteiger charge is 2.53. The molecule has 4 N–H and O–H groups in total. The molecule has 0 spiro atoms. The summed E-state index contributed by atoms with van der Waals surface area (Å²) in [5, 5.41) is 4.75. The predicted molar refractivity (Wildman–Crippen MR) is 105 cm³/mol. The van der Waals surface area contributed by atoms with Crippen molar-refractivity contribution in [2.45, 2.75) is 37.8 Å². The number of hydrogen-bond acceptors (Lipinski definition) is 9. The fourth-order valence-electron chi connectivity index (χ4n) is 3.68. The van der Waals surface area contributed by atoms with E-state index in [4.69, 9.17) is 15.1 Å². The van der Waals surface area contributed by atoms with E-state index in [1.807, 2.05) is 0 Å². The van der Waals surface area contributed by atoms with Gasteiger partial charge in [-0.15, -0.1) is 4.28 Å². The summed E-state index contributed by atoms with van der Waals surface area (Å²) in [6.45, 7) is 0.600. The third-order valence-corrected chi connectivity index (χ3v) is 5.41. The molecule has 2 atom stereocenters. The number of nitrogens with zero attached hydrogens (tertiary/aromatic N) is 5. The van der Waals surface area contributed by atoms with Gasteiger partial charge in [0.05, 0.1) is 18.4 Å². The van der Waals surface area contributed by atoms with Gasteiger partial charge in [-0.05, 0) is 19.4 Å². The largest absolute Gasteiger partial charge is 0.418 e. The smallest absolute Gasteiger partial charge is 0.342 e. The maximum atomic E-state index is 12.8. The zero-order chi connectivity index (χ0) is 22.8. The number of urea groups is 1. The van der Waals surface area contributed by atoms with Gasteiger partial charge in [-0.25, -0.2) is 15.1 Å².